The molecule has 3 N–H and O–H groups in total. The molecular formula is C21H25N3O3. The molecule has 3 rings (SSSR count). The van der Waals surface area contributed by atoms with Gasteiger partial charge in [-0.25, -0.2) is 4.79 Å². The highest BCUT2D eigenvalue weighted by Gasteiger charge is 2.31. The maximum Gasteiger partial charge on any atom is 0.315 e. The molecule has 0 spiro atoms. The van der Waals surface area contributed by atoms with Crippen molar-refractivity contribution in [1.82, 2.24) is 15.5 Å². The van der Waals surface area contributed by atoms with Crippen LogP contribution in [0.3, 0.4) is 0 Å². The maximum atomic E-state index is 12.2. The Labute approximate surface area is 159 Å². The van der Waals surface area contributed by atoms with Crippen molar-refractivity contribution in [2.75, 3.05) is 20.6 Å². The Kier molecular flexibility index (Phi) is 5.76. The van der Waals surface area contributed by atoms with Crippen molar-refractivity contribution in [1.29, 1.82) is 0 Å². The highest BCUT2D eigenvalue weighted by molar-refractivity contribution is 5.94. The molecule has 2 aromatic rings. The Morgan fingerprint density at radius 3 is 2.70 bits per heavy atom. The maximum absolute atomic E-state index is 12.2. The van der Waals surface area contributed by atoms with Crippen molar-refractivity contribution in [3.05, 3.63) is 70.8 Å². The summed E-state index contributed by atoms with van der Waals surface area (Å²) < 4.78 is 0. The lowest BCUT2D eigenvalue weighted by molar-refractivity contribution is 0.0827. The molecule has 0 fully saturated rings. The number of fused-ring (bicyclic) bond motifs is 1. The first-order valence-electron chi connectivity index (χ1n) is 9.06. The van der Waals surface area contributed by atoms with Crippen LogP contribution in [0.5, 0.6) is 0 Å². The van der Waals surface area contributed by atoms with Gasteiger partial charge in [0, 0.05) is 32.6 Å². The predicted molar refractivity (Wildman–Crippen MR) is 104 cm³/mol. The molecule has 0 aromatic heterocycles. The first-order chi connectivity index (χ1) is 13.0. The second-order valence-corrected chi connectivity index (χ2v) is 7.00. The quantitative estimate of drug-likeness (QED) is 0.755. The molecule has 27 heavy (non-hydrogen) atoms. The van der Waals surface area contributed by atoms with Gasteiger partial charge in [0.2, 0.25) is 0 Å². The molecule has 1 aliphatic rings. The Morgan fingerprint density at radius 2 is 1.93 bits per heavy atom. The summed E-state index contributed by atoms with van der Waals surface area (Å²) in [5, 5.41) is 15.9. The highest BCUT2D eigenvalue weighted by Crippen LogP contribution is 2.30. The predicted octanol–water partition coefficient (Wildman–Crippen LogP) is 1.89. The number of carbonyl (C=O) groups excluding carboxylic acids is 2. The zero-order valence-electron chi connectivity index (χ0n) is 15.6. The average Bonchev–Trinajstić information content (AvgIpc) is 2.96. The van der Waals surface area contributed by atoms with Crippen LogP contribution in [0.25, 0.3) is 0 Å². The van der Waals surface area contributed by atoms with Crippen LogP contribution >= 0.6 is 0 Å². The van der Waals surface area contributed by atoms with Crippen molar-refractivity contribution in [3.8, 4) is 0 Å². The number of hydrogen-bond acceptors (Lipinski definition) is 3. The van der Waals surface area contributed by atoms with Crippen LogP contribution < -0.4 is 10.6 Å². The number of nitrogens with zero attached hydrogens (tertiary/aromatic N) is 1. The monoisotopic (exact) mass is 367 g/mol. The number of urea groups is 1. The van der Waals surface area contributed by atoms with E-state index in [0.717, 1.165) is 16.7 Å². The van der Waals surface area contributed by atoms with Crippen LogP contribution in [-0.4, -0.2) is 48.7 Å². The molecule has 142 valence electrons. The van der Waals surface area contributed by atoms with E-state index in [1.165, 1.54) is 4.90 Å². The van der Waals surface area contributed by atoms with Gasteiger partial charge in [-0.1, -0.05) is 36.4 Å². The van der Waals surface area contributed by atoms with Gasteiger partial charge < -0.3 is 20.6 Å². The first-order valence-corrected chi connectivity index (χ1v) is 9.06. The van der Waals surface area contributed by atoms with Crippen molar-refractivity contribution in [2.45, 2.75) is 25.0 Å². The third-order valence-electron chi connectivity index (χ3n) is 4.77. The van der Waals surface area contributed by atoms with E-state index >= 15 is 0 Å². The fraction of sp³-hybridized carbons (Fsp3) is 0.333. The molecule has 0 unspecified atom stereocenters. The molecule has 0 bridgehead atoms. The molecule has 1 aliphatic carbocycles. The van der Waals surface area contributed by atoms with Gasteiger partial charge >= 0.3 is 6.03 Å². The molecule has 0 aliphatic heterocycles. The lowest BCUT2D eigenvalue weighted by atomic mass is 10.1. The summed E-state index contributed by atoms with van der Waals surface area (Å²) >= 11 is 0. The molecule has 6 nitrogen and oxygen atoms in total. The molecule has 0 saturated carbocycles. The Hall–Kier alpha value is -2.86. The molecule has 3 amide bonds. The van der Waals surface area contributed by atoms with E-state index in [-0.39, 0.29) is 18.0 Å². The van der Waals surface area contributed by atoms with Crippen molar-refractivity contribution in [2.24, 2.45) is 0 Å². The van der Waals surface area contributed by atoms with E-state index < -0.39 is 6.10 Å². The topological polar surface area (TPSA) is 81.7 Å². The van der Waals surface area contributed by atoms with Gasteiger partial charge in [0.1, 0.15) is 0 Å². The van der Waals surface area contributed by atoms with Crippen LogP contribution in [0.2, 0.25) is 0 Å². The molecule has 2 aromatic carbocycles. The van der Waals surface area contributed by atoms with Crippen LogP contribution in [0.4, 0.5) is 4.79 Å². The Balaban J connectivity index is 1.52. The third kappa shape index (κ3) is 4.46. The SMILES string of the molecule is CN(C)C(=O)c1cccc(CCNC(=O)N[C@H]2c3ccccc3C[C@H]2O)c1. The van der Waals surface area contributed by atoms with Crippen molar-refractivity contribution in [3.63, 3.8) is 0 Å². The van der Waals surface area contributed by atoms with Crippen LogP contribution in [0.1, 0.15) is 33.1 Å². The van der Waals surface area contributed by atoms with E-state index in [9.17, 15) is 14.7 Å². The van der Waals surface area contributed by atoms with Gasteiger partial charge in [-0.3, -0.25) is 4.79 Å². The lowest BCUT2D eigenvalue weighted by Gasteiger charge is -2.18. The summed E-state index contributed by atoms with van der Waals surface area (Å²) in [5.41, 5.74) is 3.65. The normalized spacial score (nSPS) is 17.9. The average molecular weight is 367 g/mol. The van der Waals surface area contributed by atoms with E-state index in [1.54, 1.807) is 20.2 Å². The number of amides is 3. The molecule has 0 heterocycles. The number of nitrogens with one attached hydrogen (secondary N) is 2. The van der Waals surface area contributed by atoms with Crippen LogP contribution in [0, 0.1) is 0 Å². The first kappa shape index (κ1) is 18.9. The van der Waals surface area contributed by atoms with Gasteiger partial charge in [0.15, 0.2) is 0 Å². The van der Waals surface area contributed by atoms with Crippen LogP contribution in [-0.2, 0) is 12.8 Å². The van der Waals surface area contributed by atoms with Gasteiger partial charge in [-0.15, -0.1) is 0 Å². The number of hydrogen-bond donors (Lipinski definition) is 3. The minimum atomic E-state index is -0.609. The second-order valence-electron chi connectivity index (χ2n) is 7.00. The smallest absolute Gasteiger partial charge is 0.315 e. The number of aliphatic hydroxyl groups is 1. The third-order valence-corrected chi connectivity index (χ3v) is 4.77. The minimum Gasteiger partial charge on any atom is -0.390 e. The van der Waals surface area contributed by atoms with Crippen molar-refractivity contribution >= 4 is 11.9 Å². The Bertz CT molecular complexity index is 835. The minimum absolute atomic E-state index is 0.0450. The van der Waals surface area contributed by atoms with Crippen LogP contribution in [0.15, 0.2) is 48.5 Å². The van der Waals surface area contributed by atoms with E-state index in [0.29, 0.717) is 24.9 Å². The molecule has 6 heteroatoms. The molecule has 0 saturated heterocycles. The number of rotatable bonds is 5. The molecule has 2 atom stereocenters. The van der Waals surface area contributed by atoms with E-state index in [2.05, 4.69) is 10.6 Å². The summed E-state index contributed by atoms with van der Waals surface area (Å²) in [6.45, 7) is 0.440. The largest absolute Gasteiger partial charge is 0.390 e. The van der Waals surface area contributed by atoms with Gasteiger partial charge in [0.05, 0.1) is 12.1 Å². The lowest BCUT2D eigenvalue weighted by Crippen LogP contribution is -2.41. The summed E-state index contributed by atoms with van der Waals surface area (Å²) in [5.74, 6) is -0.0450. The number of carbonyl (C=O) groups is 2. The Morgan fingerprint density at radius 1 is 1.15 bits per heavy atom. The van der Waals surface area contributed by atoms with Gasteiger partial charge in [-0.05, 0) is 35.2 Å². The summed E-state index contributed by atoms with van der Waals surface area (Å²) in [6.07, 6.45) is 0.557. The molecule has 0 radical (unpaired) electrons. The van der Waals surface area contributed by atoms with E-state index in [4.69, 9.17) is 0 Å². The second kappa shape index (κ2) is 8.22. The van der Waals surface area contributed by atoms with Gasteiger partial charge in [0.25, 0.3) is 5.91 Å². The highest BCUT2D eigenvalue weighted by atomic mass is 16.3. The van der Waals surface area contributed by atoms with E-state index in [1.807, 2.05) is 42.5 Å². The van der Waals surface area contributed by atoms with Crippen molar-refractivity contribution < 1.29 is 14.7 Å². The fourth-order valence-corrected chi connectivity index (χ4v) is 3.38. The number of benzene rings is 2. The van der Waals surface area contributed by atoms with Gasteiger partial charge in [-0.2, -0.15) is 0 Å². The zero-order valence-corrected chi connectivity index (χ0v) is 15.6. The fourth-order valence-electron chi connectivity index (χ4n) is 3.38. The number of aliphatic hydroxyl groups excluding tert-OH is 1. The molecular weight excluding hydrogens is 342 g/mol. The summed E-state index contributed by atoms with van der Waals surface area (Å²) in [6, 6.07) is 14.5. The zero-order chi connectivity index (χ0) is 19.4. The summed E-state index contributed by atoms with van der Waals surface area (Å²) in [7, 11) is 3.44. The standard InChI is InChI=1S/C21H25N3O3/c1-24(2)20(26)16-8-5-6-14(12-16)10-11-22-21(27)23-19-17-9-4-3-7-15(17)13-18(19)25/h3-9,12,18-19,25H,10-11,13H2,1-2H3,(H2,22,23,27)/t18-,19+/m1/s1. The summed E-state index contributed by atoms with van der Waals surface area (Å²) in [4.78, 5) is 25.8.